The highest BCUT2D eigenvalue weighted by atomic mass is 16.6. The number of phenols is 1. The molecule has 3 aliphatic rings. The first-order chi connectivity index (χ1) is 12.2. The van der Waals surface area contributed by atoms with Gasteiger partial charge in [-0.2, -0.15) is 0 Å². The number of Topliss-reactive ketones (excluding diaryl/α,β-unsaturated/α-hetero) is 1. The van der Waals surface area contributed by atoms with Crippen molar-refractivity contribution in [1.82, 2.24) is 0 Å². The summed E-state index contributed by atoms with van der Waals surface area (Å²) in [6, 6.07) is 6.56. The van der Waals surface area contributed by atoms with Crippen molar-refractivity contribution < 1.29 is 24.5 Å². The van der Waals surface area contributed by atoms with Gasteiger partial charge in [-0.15, -0.1) is 0 Å². The maximum atomic E-state index is 13.5. The maximum absolute atomic E-state index is 13.5. The van der Waals surface area contributed by atoms with Crippen molar-refractivity contribution in [3.63, 3.8) is 0 Å². The molecule has 5 atom stereocenters. The molecule has 0 aromatic heterocycles. The Morgan fingerprint density at radius 2 is 1.92 bits per heavy atom. The van der Waals surface area contributed by atoms with E-state index in [0.717, 1.165) is 0 Å². The number of fused-ring (bicyclic) bond motifs is 3. The fourth-order valence-electron chi connectivity index (χ4n) is 4.91. The van der Waals surface area contributed by atoms with E-state index in [4.69, 9.17) is 4.74 Å². The molecule has 1 heterocycles. The van der Waals surface area contributed by atoms with Gasteiger partial charge in [-0.3, -0.25) is 4.79 Å². The number of phenolic OH excluding ortho intramolecular Hbond substituents is 1. The molecular weight excluding hydrogens is 332 g/mol. The zero-order valence-electron chi connectivity index (χ0n) is 14.9. The van der Waals surface area contributed by atoms with Gasteiger partial charge < -0.3 is 14.9 Å². The molecule has 0 spiro atoms. The number of para-hydroxylation sites is 1. The number of rotatable bonds is 1. The predicted octanol–water partition coefficient (Wildman–Crippen LogP) is 2.62. The van der Waals surface area contributed by atoms with Crippen LogP contribution in [0.5, 0.6) is 5.75 Å². The van der Waals surface area contributed by atoms with Crippen molar-refractivity contribution in [3.8, 4) is 5.75 Å². The molecule has 1 saturated carbocycles. The van der Waals surface area contributed by atoms with Crippen LogP contribution in [0.1, 0.15) is 32.3 Å². The normalized spacial score (nSPS) is 39.1. The van der Waals surface area contributed by atoms with Crippen molar-refractivity contribution in [2.75, 3.05) is 0 Å². The fraction of sp³-hybridized carbons (Fsp3) is 0.429. The molecule has 0 bridgehead atoms. The Labute approximate surface area is 152 Å². The smallest absolute Gasteiger partial charge is 0.334 e. The van der Waals surface area contributed by atoms with Gasteiger partial charge in [-0.05, 0) is 37.8 Å². The second-order valence-corrected chi connectivity index (χ2v) is 7.87. The van der Waals surface area contributed by atoms with E-state index in [1.54, 1.807) is 31.2 Å². The lowest BCUT2D eigenvalue weighted by Gasteiger charge is -2.43. The number of hydrogen-bond donors (Lipinski definition) is 2. The minimum Gasteiger partial charge on any atom is -0.507 e. The largest absolute Gasteiger partial charge is 0.507 e. The Morgan fingerprint density at radius 3 is 2.62 bits per heavy atom. The minimum absolute atomic E-state index is 0.0206. The molecule has 136 valence electrons. The summed E-state index contributed by atoms with van der Waals surface area (Å²) in [6.45, 7) is 7.42. The average molecular weight is 354 g/mol. The molecule has 0 radical (unpaired) electrons. The van der Waals surface area contributed by atoms with E-state index in [1.165, 1.54) is 6.07 Å². The van der Waals surface area contributed by atoms with E-state index in [9.17, 15) is 19.8 Å². The topological polar surface area (TPSA) is 83.8 Å². The second kappa shape index (κ2) is 5.30. The third-order valence-electron chi connectivity index (χ3n) is 6.65. The van der Waals surface area contributed by atoms with Crippen LogP contribution in [0, 0.1) is 17.3 Å². The molecule has 0 amide bonds. The van der Waals surface area contributed by atoms with Gasteiger partial charge in [-0.1, -0.05) is 31.7 Å². The van der Waals surface area contributed by atoms with Crippen LogP contribution in [0.2, 0.25) is 0 Å². The second-order valence-electron chi connectivity index (χ2n) is 7.87. The van der Waals surface area contributed by atoms with E-state index < -0.39 is 23.1 Å². The van der Waals surface area contributed by atoms with Crippen LogP contribution < -0.4 is 0 Å². The van der Waals surface area contributed by atoms with E-state index >= 15 is 0 Å². The van der Waals surface area contributed by atoms with Crippen LogP contribution in [-0.2, 0) is 14.3 Å². The quantitative estimate of drug-likeness (QED) is 0.598. The average Bonchev–Trinajstić information content (AvgIpc) is 2.98. The zero-order chi connectivity index (χ0) is 18.9. The Hall–Kier alpha value is -2.40. The molecule has 1 saturated heterocycles. The highest BCUT2D eigenvalue weighted by Crippen LogP contribution is 2.59. The van der Waals surface area contributed by atoms with Crippen LogP contribution in [0.15, 0.2) is 42.5 Å². The molecule has 5 nitrogen and oxygen atoms in total. The SMILES string of the molecule is C=C1C(=O)O[C@@H]2[C@H]1CC[C@H](C)[C@]1(O)C=C(c3ccccc3O)C(=O)[C@@]21C. The Balaban J connectivity index is 1.90. The van der Waals surface area contributed by atoms with Crippen LogP contribution in [0.25, 0.3) is 5.57 Å². The van der Waals surface area contributed by atoms with E-state index in [1.807, 2.05) is 6.92 Å². The first kappa shape index (κ1) is 17.0. The standard InChI is InChI=1S/C21H22O5/c1-11-8-9-13-12(2)19(24)26-18(13)20(3)17(23)15(10-21(11,20)25)14-6-4-5-7-16(14)22/h4-7,10-11,13,18,22,25H,2,8-9H2,1,3H3/t11-,13-,18+,20-,21+/m0/s1. The zero-order valence-corrected chi connectivity index (χ0v) is 14.9. The van der Waals surface area contributed by atoms with E-state index in [0.29, 0.717) is 24.0 Å². The summed E-state index contributed by atoms with van der Waals surface area (Å²) >= 11 is 0. The van der Waals surface area contributed by atoms with Crippen LogP contribution in [-0.4, -0.2) is 33.7 Å². The molecular formula is C21H22O5. The first-order valence-electron chi connectivity index (χ1n) is 8.90. The lowest BCUT2D eigenvalue weighted by atomic mass is 9.64. The Bertz CT molecular complexity index is 869. The summed E-state index contributed by atoms with van der Waals surface area (Å²) in [5.41, 5.74) is -1.76. The lowest BCUT2D eigenvalue weighted by Crippen LogP contribution is -2.56. The molecule has 1 aliphatic heterocycles. The summed E-state index contributed by atoms with van der Waals surface area (Å²) in [4.78, 5) is 25.6. The molecule has 2 fully saturated rings. The monoisotopic (exact) mass is 354 g/mol. The lowest BCUT2D eigenvalue weighted by molar-refractivity contribution is -0.165. The fourth-order valence-corrected chi connectivity index (χ4v) is 4.91. The number of carbonyl (C=O) groups is 2. The molecule has 2 aliphatic carbocycles. The summed E-state index contributed by atoms with van der Waals surface area (Å²) in [7, 11) is 0. The van der Waals surface area contributed by atoms with Gasteiger partial charge in [-0.25, -0.2) is 4.79 Å². The van der Waals surface area contributed by atoms with Crippen molar-refractivity contribution in [2.24, 2.45) is 17.3 Å². The minimum atomic E-state index is -1.47. The number of carbonyl (C=O) groups excluding carboxylic acids is 2. The van der Waals surface area contributed by atoms with Crippen LogP contribution >= 0.6 is 0 Å². The van der Waals surface area contributed by atoms with Crippen molar-refractivity contribution in [2.45, 2.75) is 38.4 Å². The van der Waals surface area contributed by atoms with Gasteiger partial charge in [0.1, 0.15) is 22.9 Å². The number of ether oxygens (including phenoxy) is 1. The van der Waals surface area contributed by atoms with Gasteiger partial charge in [0.05, 0.1) is 0 Å². The van der Waals surface area contributed by atoms with Crippen LogP contribution in [0.4, 0.5) is 0 Å². The number of allylic oxidation sites excluding steroid dienone is 1. The Morgan fingerprint density at radius 1 is 1.23 bits per heavy atom. The van der Waals surface area contributed by atoms with Gasteiger partial charge in [0, 0.05) is 22.6 Å². The predicted molar refractivity (Wildman–Crippen MR) is 95.1 cm³/mol. The van der Waals surface area contributed by atoms with Crippen LogP contribution in [0.3, 0.4) is 0 Å². The van der Waals surface area contributed by atoms with Gasteiger partial charge in [0.2, 0.25) is 0 Å². The number of esters is 1. The molecule has 4 rings (SSSR count). The molecule has 1 aromatic rings. The van der Waals surface area contributed by atoms with Crippen molar-refractivity contribution in [1.29, 1.82) is 0 Å². The summed E-state index contributed by atoms with van der Waals surface area (Å²) in [6.07, 6.45) is 2.08. The Kier molecular flexibility index (Phi) is 3.47. The van der Waals surface area contributed by atoms with Crippen molar-refractivity contribution >= 4 is 17.3 Å². The molecule has 1 aromatic carbocycles. The van der Waals surface area contributed by atoms with Gasteiger partial charge >= 0.3 is 5.97 Å². The van der Waals surface area contributed by atoms with E-state index in [2.05, 4.69) is 6.58 Å². The highest BCUT2D eigenvalue weighted by Gasteiger charge is 2.68. The summed E-state index contributed by atoms with van der Waals surface area (Å²) in [5.74, 6) is -1.33. The molecule has 2 N–H and O–H groups in total. The summed E-state index contributed by atoms with van der Waals surface area (Å²) in [5, 5.41) is 21.8. The number of benzene rings is 1. The molecule has 0 unspecified atom stereocenters. The van der Waals surface area contributed by atoms with E-state index in [-0.39, 0.29) is 28.9 Å². The highest BCUT2D eigenvalue weighted by molar-refractivity contribution is 6.27. The molecule has 5 heteroatoms. The number of aromatic hydroxyl groups is 1. The maximum Gasteiger partial charge on any atom is 0.334 e. The van der Waals surface area contributed by atoms with Gasteiger partial charge in [0.25, 0.3) is 0 Å². The number of ketones is 1. The third-order valence-corrected chi connectivity index (χ3v) is 6.65. The first-order valence-corrected chi connectivity index (χ1v) is 8.90. The summed E-state index contributed by atoms with van der Waals surface area (Å²) < 4.78 is 5.56. The van der Waals surface area contributed by atoms with Gasteiger partial charge in [0.15, 0.2) is 5.78 Å². The number of hydrogen-bond acceptors (Lipinski definition) is 5. The molecule has 26 heavy (non-hydrogen) atoms. The third kappa shape index (κ3) is 1.89. The van der Waals surface area contributed by atoms with Crippen molar-refractivity contribution in [3.05, 3.63) is 48.1 Å². The number of aliphatic hydroxyl groups is 1.